The molecule has 0 saturated heterocycles. The smallest absolute Gasteiger partial charge is 0.105 e. The van der Waals surface area contributed by atoms with Gasteiger partial charge in [0.1, 0.15) is 5.76 Å². The molecule has 1 aromatic heterocycles. The van der Waals surface area contributed by atoms with Crippen LogP contribution in [0.25, 0.3) is 0 Å². The van der Waals surface area contributed by atoms with E-state index in [9.17, 15) is 0 Å². The molecule has 0 aliphatic heterocycles. The van der Waals surface area contributed by atoms with Crippen molar-refractivity contribution in [2.45, 2.75) is 44.4 Å². The fourth-order valence-electron chi connectivity index (χ4n) is 1.92. The molecule has 1 aliphatic rings. The largest absolute Gasteiger partial charge is 0.469 e. The van der Waals surface area contributed by atoms with Gasteiger partial charge in [-0.15, -0.1) is 0 Å². The lowest BCUT2D eigenvalue weighted by Crippen LogP contribution is -2.48. The van der Waals surface area contributed by atoms with Gasteiger partial charge in [-0.05, 0) is 31.9 Å². The lowest BCUT2D eigenvalue weighted by Gasteiger charge is -2.34. The van der Waals surface area contributed by atoms with Gasteiger partial charge in [0.2, 0.25) is 0 Å². The molecule has 0 amide bonds. The van der Waals surface area contributed by atoms with Gasteiger partial charge in [0.15, 0.2) is 0 Å². The Bertz CT molecular complexity index is 265. The molecule has 78 valence electrons. The van der Waals surface area contributed by atoms with Crippen molar-refractivity contribution in [1.82, 2.24) is 5.32 Å². The van der Waals surface area contributed by atoms with Gasteiger partial charge in [-0.2, -0.15) is 0 Å². The van der Waals surface area contributed by atoms with Crippen molar-refractivity contribution in [3.63, 3.8) is 0 Å². The monoisotopic (exact) mass is 195 g/mol. The molecular formula is C11H17NO2. The van der Waals surface area contributed by atoms with E-state index in [1.54, 1.807) is 6.26 Å². The van der Waals surface area contributed by atoms with E-state index in [-0.39, 0.29) is 6.10 Å². The van der Waals surface area contributed by atoms with Crippen LogP contribution in [0, 0.1) is 0 Å². The second-order valence-corrected chi connectivity index (χ2v) is 4.17. The van der Waals surface area contributed by atoms with E-state index < -0.39 is 0 Å². The Morgan fingerprint density at radius 3 is 3.00 bits per heavy atom. The van der Waals surface area contributed by atoms with Crippen molar-refractivity contribution in [3.05, 3.63) is 24.2 Å². The summed E-state index contributed by atoms with van der Waals surface area (Å²) in [5.74, 6) is 1.02. The first kappa shape index (κ1) is 9.74. The maximum Gasteiger partial charge on any atom is 0.105 e. The maximum atomic E-state index is 9.13. The van der Waals surface area contributed by atoms with Crippen molar-refractivity contribution < 1.29 is 9.52 Å². The quantitative estimate of drug-likeness (QED) is 0.761. The zero-order chi connectivity index (χ0) is 9.97. The van der Waals surface area contributed by atoms with Crippen LogP contribution < -0.4 is 5.32 Å². The molecule has 1 unspecified atom stereocenters. The van der Waals surface area contributed by atoms with E-state index in [0.717, 1.165) is 25.0 Å². The molecule has 1 saturated carbocycles. The highest BCUT2D eigenvalue weighted by Crippen LogP contribution is 2.20. The Kier molecular flexibility index (Phi) is 2.89. The molecule has 0 spiro atoms. The van der Waals surface area contributed by atoms with E-state index in [1.165, 1.54) is 0 Å². The van der Waals surface area contributed by atoms with Crippen LogP contribution >= 0.6 is 0 Å². The fourth-order valence-corrected chi connectivity index (χ4v) is 1.92. The topological polar surface area (TPSA) is 45.4 Å². The molecule has 1 aliphatic carbocycles. The van der Waals surface area contributed by atoms with Crippen molar-refractivity contribution in [1.29, 1.82) is 0 Å². The summed E-state index contributed by atoms with van der Waals surface area (Å²) in [7, 11) is 0. The van der Waals surface area contributed by atoms with E-state index in [4.69, 9.17) is 9.52 Å². The first-order valence-electron chi connectivity index (χ1n) is 5.20. The molecule has 1 aromatic rings. The van der Waals surface area contributed by atoms with Crippen molar-refractivity contribution in [2.75, 3.05) is 0 Å². The average molecular weight is 195 g/mol. The van der Waals surface area contributed by atoms with Crippen molar-refractivity contribution in [2.24, 2.45) is 0 Å². The Morgan fingerprint density at radius 1 is 1.64 bits per heavy atom. The second kappa shape index (κ2) is 4.15. The molecule has 1 atom stereocenters. The first-order chi connectivity index (χ1) is 6.74. The highest BCUT2D eigenvalue weighted by atomic mass is 16.3. The molecule has 3 heteroatoms. The van der Waals surface area contributed by atoms with E-state index in [2.05, 4.69) is 12.2 Å². The fraction of sp³-hybridized carbons (Fsp3) is 0.636. The number of rotatable bonds is 4. The molecule has 14 heavy (non-hydrogen) atoms. The minimum Gasteiger partial charge on any atom is -0.469 e. The number of aliphatic hydroxyl groups is 1. The molecule has 2 rings (SSSR count). The van der Waals surface area contributed by atoms with Crippen LogP contribution in [0.3, 0.4) is 0 Å². The summed E-state index contributed by atoms with van der Waals surface area (Å²) in [6, 6.07) is 4.82. The van der Waals surface area contributed by atoms with Crippen LogP contribution in [-0.2, 0) is 6.42 Å². The third-order valence-electron chi connectivity index (χ3n) is 2.72. The summed E-state index contributed by atoms with van der Waals surface area (Å²) in [5, 5.41) is 12.6. The summed E-state index contributed by atoms with van der Waals surface area (Å²) in [6.07, 6.45) is 4.32. The highest BCUT2D eigenvalue weighted by molar-refractivity contribution is 5.00. The van der Waals surface area contributed by atoms with Gasteiger partial charge in [-0.1, -0.05) is 0 Å². The van der Waals surface area contributed by atoms with Crippen LogP contribution in [0.1, 0.15) is 25.5 Å². The number of nitrogens with one attached hydrogen (secondary N) is 1. The molecule has 1 heterocycles. The maximum absolute atomic E-state index is 9.13. The lowest BCUT2D eigenvalue weighted by atomic mass is 9.89. The molecule has 3 nitrogen and oxygen atoms in total. The predicted octanol–water partition coefficient (Wildman–Crippen LogP) is 1.32. The Hall–Kier alpha value is -0.800. The third-order valence-corrected chi connectivity index (χ3v) is 2.72. The zero-order valence-electron chi connectivity index (χ0n) is 8.44. The summed E-state index contributed by atoms with van der Waals surface area (Å²) >= 11 is 0. The number of hydrogen-bond acceptors (Lipinski definition) is 3. The number of hydrogen-bond donors (Lipinski definition) is 2. The van der Waals surface area contributed by atoms with Gasteiger partial charge in [-0.25, -0.2) is 0 Å². The zero-order valence-corrected chi connectivity index (χ0v) is 8.44. The van der Waals surface area contributed by atoms with E-state index in [0.29, 0.717) is 12.1 Å². The van der Waals surface area contributed by atoms with Crippen molar-refractivity contribution in [3.8, 4) is 0 Å². The Morgan fingerprint density at radius 2 is 2.43 bits per heavy atom. The summed E-state index contributed by atoms with van der Waals surface area (Å²) in [5.41, 5.74) is 0. The normalized spacial score (nSPS) is 28.4. The number of furan rings is 1. The predicted molar refractivity (Wildman–Crippen MR) is 54.0 cm³/mol. The Balaban J connectivity index is 1.71. The minimum atomic E-state index is -0.0803. The second-order valence-electron chi connectivity index (χ2n) is 4.17. The average Bonchev–Trinajstić information content (AvgIpc) is 2.54. The van der Waals surface area contributed by atoms with Crippen LogP contribution in [0.5, 0.6) is 0 Å². The van der Waals surface area contributed by atoms with Crippen LogP contribution in [0.15, 0.2) is 22.8 Å². The van der Waals surface area contributed by atoms with Gasteiger partial charge in [-0.3, -0.25) is 0 Å². The van der Waals surface area contributed by atoms with Gasteiger partial charge in [0.05, 0.1) is 12.4 Å². The van der Waals surface area contributed by atoms with Gasteiger partial charge in [0.25, 0.3) is 0 Å². The highest BCUT2D eigenvalue weighted by Gasteiger charge is 2.27. The molecule has 1 fully saturated rings. The molecule has 2 N–H and O–H groups in total. The van der Waals surface area contributed by atoms with Gasteiger partial charge in [0, 0.05) is 18.5 Å². The van der Waals surface area contributed by atoms with Crippen LogP contribution in [0.4, 0.5) is 0 Å². The minimum absolute atomic E-state index is 0.0803. The molecular weight excluding hydrogens is 178 g/mol. The van der Waals surface area contributed by atoms with Gasteiger partial charge >= 0.3 is 0 Å². The third kappa shape index (κ3) is 2.36. The number of aliphatic hydroxyl groups excluding tert-OH is 1. The standard InChI is InChI=1S/C11H17NO2/c1-8(5-11-3-2-4-14-11)12-9-6-10(13)7-9/h2-4,8-10,12-13H,5-7H2,1H3. The summed E-state index contributed by atoms with van der Waals surface area (Å²) in [6.45, 7) is 2.15. The SMILES string of the molecule is CC(Cc1ccco1)NC1CC(O)C1. The van der Waals surface area contributed by atoms with E-state index >= 15 is 0 Å². The Labute approximate surface area is 84.1 Å². The lowest BCUT2D eigenvalue weighted by molar-refractivity contribution is 0.0584. The van der Waals surface area contributed by atoms with Crippen molar-refractivity contribution >= 4 is 0 Å². The van der Waals surface area contributed by atoms with Gasteiger partial charge < -0.3 is 14.8 Å². The van der Waals surface area contributed by atoms with E-state index in [1.807, 2.05) is 12.1 Å². The van der Waals surface area contributed by atoms with Crippen LogP contribution in [0.2, 0.25) is 0 Å². The molecule has 0 bridgehead atoms. The van der Waals surface area contributed by atoms with Crippen LogP contribution in [-0.4, -0.2) is 23.3 Å². The first-order valence-corrected chi connectivity index (χ1v) is 5.20. The molecule has 0 aromatic carbocycles. The molecule has 0 radical (unpaired) electrons. The summed E-state index contributed by atoms with van der Waals surface area (Å²) in [4.78, 5) is 0. The summed E-state index contributed by atoms with van der Waals surface area (Å²) < 4.78 is 5.27.